The van der Waals surface area contributed by atoms with Crippen LogP contribution < -0.4 is 10.9 Å². The van der Waals surface area contributed by atoms with Gasteiger partial charge in [0.05, 0.1) is 0 Å². The lowest BCUT2D eigenvalue weighted by atomic mass is 10.3. The minimum absolute atomic E-state index is 0.140. The van der Waals surface area contributed by atoms with Crippen LogP contribution in [0.1, 0.15) is 19.5 Å². The van der Waals surface area contributed by atoms with Gasteiger partial charge in [0.15, 0.2) is 3.61 Å². The molecule has 0 unspecified atom stereocenters. The molecule has 1 amide bonds. The van der Waals surface area contributed by atoms with Crippen LogP contribution in [-0.4, -0.2) is 21.2 Å². The molecule has 0 aliphatic carbocycles. The third-order valence-electron chi connectivity index (χ3n) is 1.83. The summed E-state index contributed by atoms with van der Waals surface area (Å²) < 4.78 is 4.54. The largest absolute Gasteiger partial charge is 0.433 e. The quantitative estimate of drug-likeness (QED) is 0.643. The summed E-state index contributed by atoms with van der Waals surface area (Å²) in [4.78, 5) is 25.0. The number of hydrogen-bond acceptors (Lipinski definition) is 3. The lowest BCUT2D eigenvalue weighted by molar-refractivity contribution is 0.107. The van der Waals surface area contributed by atoms with E-state index >= 15 is 0 Å². The van der Waals surface area contributed by atoms with Gasteiger partial charge in [0, 0.05) is 24.7 Å². The number of aromatic nitrogens is 1. The number of alkyl halides is 1. The maximum Gasteiger partial charge on any atom is 0.408 e. The van der Waals surface area contributed by atoms with Crippen molar-refractivity contribution >= 4 is 28.7 Å². The van der Waals surface area contributed by atoms with Gasteiger partial charge in [0.2, 0.25) is 5.56 Å². The molecule has 0 aliphatic rings. The van der Waals surface area contributed by atoms with E-state index in [9.17, 15) is 9.59 Å². The van der Waals surface area contributed by atoms with Crippen LogP contribution in [0.15, 0.2) is 23.0 Å². The van der Waals surface area contributed by atoms with Crippen molar-refractivity contribution in [2.75, 3.05) is 6.54 Å². The van der Waals surface area contributed by atoms with E-state index in [4.69, 9.17) is 4.74 Å². The highest BCUT2D eigenvalue weighted by molar-refractivity contribution is 14.1. The maximum absolute atomic E-state index is 11.3. The third-order valence-corrected chi connectivity index (χ3v) is 2.05. The van der Waals surface area contributed by atoms with Crippen LogP contribution in [0.4, 0.5) is 4.79 Å². The molecule has 1 aromatic heterocycles. The zero-order chi connectivity index (χ0) is 12.9. The number of carbonyl (C=O) groups is 1. The van der Waals surface area contributed by atoms with Crippen molar-refractivity contribution in [2.45, 2.75) is 23.9 Å². The number of H-pyrrole nitrogens is 1. The zero-order valence-corrected chi connectivity index (χ0v) is 11.9. The first-order valence-electron chi connectivity index (χ1n) is 5.21. The summed E-state index contributed by atoms with van der Waals surface area (Å²) in [5.41, 5.74) is 0.644. The van der Waals surface area contributed by atoms with E-state index in [1.807, 2.05) is 22.6 Å². The molecular weight excluding hydrogens is 335 g/mol. The molecule has 0 saturated heterocycles. The Bertz CT molecular complexity index is 437. The topological polar surface area (TPSA) is 71.2 Å². The van der Waals surface area contributed by atoms with E-state index in [2.05, 4.69) is 10.3 Å². The van der Waals surface area contributed by atoms with Gasteiger partial charge < -0.3 is 15.0 Å². The second kappa shape index (κ2) is 6.04. The normalized spacial score (nSPS) is 11.0. The molecule has 17 heavy (non-hydrogen) atoms. The second-order valence-electron chi connectivity index (χ2n) is 3.97. The Balaban J connectivity index is 2.33. The molecular formula is C11H15IN2O3. The summed E-state index contributed by atoms with van der Waals surface area (Å²) in [6, 6.07) is 4.93. The molecule has 0 spiro atoms. The first-order chi connectivity index (χ1) is 7.87. The SMILES string of the molecule is CC(C)(I)OC(=O)NCCc1cccc(=O)[nH]1. The van der Waals surface area contributed by atoms with E-state index in [0.717, 1.165) is 5.69 Å². The average molecular weight is 350 g/mol. The molecule has 0 saturated carbocycles. The van der Waals surface area contributed by atoms with Crippen LogP contribution in [-0.2, 0) is 11.2 Å². The maximum atomic E-state index is 11.3. The molecule has 2 N–H and O–H groups in total. The number of amides is 1. The highest BCUT2D eigenvalue weighted by atomic mass is 127. The number of ether oxygens (including phenoxy) is 1. The van der Waals surface area contributed by atoms with Gasteiger partial charge in [-0.15, -0.1) is 0 Å². The zero-order valence-electron chi connectivity index (χ0n) is 9.75. The van der Waals surface area contributed by atoms with Gasteiger partial charge in [-0.3, -0.25) is 4.79 Å². The number of hydrogen-bond donors (Lipinski definition) is 2. The van der Waals surface area contributed by atoms with E-state index in [1.54, 1.807) is 26.0 Å². The van der Waals surface area contributed by atoms with Crippen molar-refractivity contribution in [2.24, 2.45) is 0 Å². The fourth-order valence-corrected chi connectivity index (χ4v) is 1.39. The smallest absolute Gasteiger partial charge is 0.408 e. The Kier molecular flexibility index (Phi) is 4.98. The molecule has 0 aliphatic heterocycles. The third kappa shape index (κ3) is 6.30. The Hall–Kier alpha value is -1.05. The summed E-state index contributed by atoms with van der Waals surface area (Å²) in [6.07, 6.45) is 0.107. The van der Waals surface area contributed by atoms with Crippen LogP contribution in [0, 0.1) is 0 Å². The monoisotopic (exact) mass is 350 g/mol. The molecule has 6 heteroatoms. The number of pyridine rings is 1. The molecule has 94 valence electrons. The average Bonchev–Trinajstić information content (AvgIpc) is 2.14. The lowest BCUT2D eigenvalue weighted by Crippen LogP contribution is -2.32. The Morgan fingerprint density at radius 2 is 2.24 bits per heavy atom. The van der Waals surface area contributed by atoms with Crippen LogP contribution in [0.25, 0.3) is 0 Å². The number of carbonyl (C=O) groups excluding carboxylic acids is 1. The van der Waals surface area contributed by atoms with Crippen LogP contribution >= 0.6 is 22.6 Å². The van der Waals surface area contributed by atoms with Gasteiger partial charge in [-0.2, -0.15) is 0 Å². The predicted molar refractivity (Wildman–Crippen MR) is 73.3 cm³/mol. The fourth-order valence-electron chi connectivity index (χ4n) is 1.19. The van der Waals surface area contributed by atoms with Crippen molar-refractivity contribution in [1.82, 2.24) is 10.3 Å². The van der Waals surface area contributed by atoms with E-state index < -0.39 is 9.70 Å². The highest BCUT2D eigenvalue weighted by Crippen LogP contribution is 2.17. The van der Waals surface area contributed by atoms with Gasteiger partial charge in [-0.25, -0.2) is 4.79 Å². The standard InChI is InChI=1S/C11H15IN2O3/c1-11(2,12)17-10(16)13-7-6-8-4-3-5-9(15)14-8/h3-5H,6-7H2,1-2H3,(H,13,16)(H,14,15). The van der Waals surface area contributed by atoms with Crippen molar-refractivity contribution in [3.63, 3.8) is 0 Å². The van der Waals surface area contributed by atoms with Crippen LogP contribution in [0.2, 0.25) is 0 Å². The number of halogens is 1. The lowest BCUT2D eigenvalue weighted by Gasteiger charge is -2.17. The second-order valence-corrected chi connectivity index (χ2v) is 6.57. The summed E-state index contributed by atoms with van der Waals surface area (Å²) in [6.45, 7) is 4.01. The van der Waals surface area contributed by atoms with Crippen molar-refractivity contribution in [1.29, 1.82) is 0 Å². The number of alkyl carbamates (subject to hydrolysis) is 1. The van der Waals surface area contributed by atoms with Crippen LogP contribution in [0.3, 0.4) is 0 Å². The van der Waals surface area contributed by atoms with Crippen LogP contribution in [0.5, 0.6) is 0 Å². The fraction of sp³-hybridized carbons (Fsp3) is 0.455. The summed E-state index contributed by atoms with van der Waals surface area (Å²) in [5, 5.41) is 2.62. The minimum Gasteiger partial charge on any atom is -0.433 e. The Morgan fingerprint density at radius 1 is 1.53 bits per heavy atom. The summed E-state index contributed by atoms with van der Waals surface area (Å²) in [7, 11) is 0. The van der Waals surface area contributed by atoms with Crippen molar-refractivity contribution < 1.29 is 9.53 Å². The Morgan fingerprint density at radius 3 is 2.82 bits per heavy atom. The van der Waals surface area contributed by atoms with E-state index in [0.29, 0.717) is 13.0 Å². The molecule has 0 fully saturated rings. The van der Waals surface area contributed by atoms with E-state index in [1.165, 1.54) is 6.07 Å². The molecule has 0 radical (unpaired) electrons. The predicted octanol–water partition coefficient (Wildman–Crippen LogP) is 1.81. The van der Waals surface area contributed by atoms with Gasteiger partial charge >= 0.3 is 6.09 Å². The van der Waals surface area contributed by atoms with Crippen molar-refractivity contribution in [3.8, 4) is 0 Å². The first-order valence-corrected chi connectivity index (χ1v) is 6.29. The Labute approximate surface area is 113 Å². The molecule has 0 bridgehead atoms. The molecule has 1 heterocycles. The van der Waals surface area contributed by atoms with Gasteiger partial charge in [-0.05, 0) is 42.5 Å². The van der Waals surface area contributed by atoms with Crippen molar-refractivity contribution in [3.05, 3.63) is 34.2 Å². The molecule has 0 atom stereocenters. The van der Waals surface area contributed by atoms with Gasteiger partial charge in [-0.1, -0.05) is 6.07 Å². The minimum atomic E-state index is -0.525. The number of nitrogens with one attached hydrogen (secondary N) is 2. The molecule has 1 aromatic rings. The highest BCUT2D eigenvalue weighted by Gasteiger charge is 2.17. The van der Waals surface area contributed by atoms with Gasteiger partial charge in [0.25, 0.3) is 0 Å². The summed E-state index contributed by atoms with van der Waals surface area (Å²) in [5.74, 6) is 0. The molecule has 1 rings (SSSR count). The van der Waals surface area contributed by atoms with Gasteiger partial charge in [0.1, 0.15) is 0 Å². The van der Waals surface area contributed by atoms with E-state index in [-0.39, 0.29) is 5.56 Å². The summed E-state index contributed by atoms with van der Waals surface area (Å²) >= 11 is 2.03. The number of rotatable bonds is 4. The molecule has 5 nitrogen and oxygen atoms in total. The first kappa shape index (κ1) is 14.0. The number of aromatic amines is 1. The molecule has 0 aromatic carbocycles.